The number of carbonyl (C=O) groups excluding carboxylic acids is 2. The van der Waals surface area contributed by atoms with Crippen molar-refractivity contribution in [1.82, 2.24) is 5.32 Å². The minimum atomic E-state index is -0.921. The van der Waals surface area contributed by atoms with Gasteiger partial charge < -0.3 is 15.7 Å². The Hall–Kier alpha value is -2.37. The largest absolute Gasteiger partial charge is 0.481 e. The zero-order valence-electron chi connectivity index (χ0n) is 13.2. The first-order chi connectivity index (χ1) is 11.0. The molecule has 2 rings (SSSR count). The van der Waals surface area contributed by atoms with Crippen LogP contribution in [0.25, 0.3) is 0 Å². The third kappa shape index (κ3) is 5.09. The van der Waals surface area contributed by atoms with Crippen LogP contribution in [-0.4, -0.2) is 28.9 Å². The van der Waals surface area contributed by atoms with E-state index in [0.717, 1.165) is 25.7 Å². The number of rotatable bonds is 6. The second kappa shape index (κ2) is 7.76. The molecule has 0 saturated heterocycles. The third-order valence-corrected chi connectivity index (χ3v) is 4.06. The van der Waals surface area contributed by atoms with E-state index in [1.54, 1.807) is 24.3 Å². The SMILES string of the molecule is CC(=O)NC(C(=O)Nc1cccc(CC(=O)O)c1)C1CCCC1. The molecule has 1 saturated carbocycles. The van der Waals surface area contributed by atoms with Gasteiger partial charge in [-0.25, -0.2) is 0 Å². The van der Waals surface area contributed by atoms with Gasteiger partial charge in [-0.2, -0.15) is 0 Å². The van der Waals surface area contributed by atoms with Crippen LogP contribution in [-0.2, 0) is 20.8 Å². The fourth-order valence-electron chi connectivity index (χ4n) is 3.06. The number of aliphatic carboxylic acids is 1. The number of amides is 2. The van der Waals surface area contributed by atoms with Crippen molar-refractivity contribution in [3.63, 3.8) is 0 Å². The standard InChI is InChI=1S/C17H22N2O4/c1-11(20)18-16(13-6-2-3-7-13)17(23)19-14-8-4-5-12(9-14)10-15(21)22/h4-5,8-9,13,16H,2-3,6-7,10H2,1H3,(H,18,20)(H,19,23)(H,21,22). The molecule has 124 valence electrons. The molecule has 1 aliphatic carbocycles. The van der Waals surface area contributed by atoms with Crippen LogP contribution >= 0.6 is 0 Å². The Balaban J connectivity index is 2.08. The zero-order chi connectivity index (χ0) is 16.8. The smallest absolute Gasteiger partial charge is 0.307 e. The van der Waals surface area contributed by atoms with Crippen LogP contribution in [0.3, 0.4) is 0 Å². The Morgan fingerprint density at radius 3 is 2.57 bits per heavy atom. The predicted molar refractivity (Wildman–Crippen MR) is 86.0 cm³/mol. The van der Waals surface area contributed by atoms with Crippen molar-refractivity contribution in [1.29, 1.82) is 0 Å². The van der Waals surface area contributed by atoms with Crippen LogP contribution in [0.15, 0.2) is 24.3 Å². The molecule has 1 aromatic rings. The molecule has 1 fully saturated rings. The molecule has 1 aromatic carbocycles. The second-order valence-corrected chi connectivity index (χ2v) is 5.98. The highest BCUT2D eigenvalue weighted by atomic mass is 16.4. The summed E-state index contributed by atoms with van der Waals surface area (Å²) in [5.41, 5.74) is 1.16. The molecule has 3 N–H and O–H groups in total. The van der Waals surface area contributed by atoms with Crippen molar-refractivity contribution < 1.29 is 19.5 Å². The fourth-order valence-corrected chi connectivity index (χ4v) is 3.06. The summed E-state index contributed by atoms with van der Waals surface area (Å²) in [5.74, 6) is -1.24. The van der Waals surface area contributed by atoms with Crippen LogP contribution in [0.5, 0.6) is 0 Å². The van der Waals surface area contributed by atoms with Crippen LogP contribution in [0.1, 0.15) is 38.2 Å². The van der Waals surface area contributed by atoms with Gasteiger partial charge in [0, 0.05) is 12.6 Å². The molecule has 0 radical (unpaired) electrons. The minimum Gasteiger partial charge on any atom is -0.481 e. The van der Waals surface area contributed by atoms with Crippen LogP contribution < -0.4 is 10.6 Å². The highest BCUT2D eigenvalue weighted by Crippen LogP contribution is 2.28. The molecule has 0 heterocycles. The summed E-state index contributed by atoms with van der Waals surface area (Å²) in [6.45, 7) is 1.41. The lowest BCUT2D eigenvalue weighted by Gasteiger charge is -2.23. The van der Waals surface area contributed by atoms with E-state index >= 15 is 0 Å². The zero-order valence-corrected chi connectivity index (χ0v) is 13.2. The summed E-state index contributed by atoms with van der Waals surface area (Å²) in [6, 6.07) is 6.22. The van der Waals surface area contributed by atoms with E-state index in [4.69, 9.17) is 5.11 Å². The Kier molecular flexibility index (Phi) is 5.73. The lowest BCUT2D eigenvalue weighted by molar-refractivity contribution is -0.136. The molecule has 1 aliphatic rings. The minimum absolute atomic E-state index is 0.0958. The maximum Gasteiger partial charge on any atom is 0.307 e. The molecule has 2 amide bonds. The van der Waals surface area contributed by atoms with E-state index in [-0.39, 0.29) is 24.2 Å². The van der Waals surface area contributed by atoms with Gasteiger partial charge in [-0.15, -0.1) is 0 Å². The first-order valence-corrected chi connectivity index (χ1v) is 7.84. The second-order valence-electron chi connectivity index (χ2n) is 5.98. The maximum absolute atomic E-state index is 12.5. The lowest BCUT2D eigenvalue weighted by atomic mass is 9.97. The summed E-state index contributed by atoms with van der Waals surface area (Å²) in [6.07, 6.45) is 3.90. The summed E-state index contributed by atoms with van der Waals surface area (Å²) in [4.78, 5) is 34.7. The number of hydrogen-bond donors (Lipinski definition) is 3. The molecule has 0 bridgehead atoms. The molecular formula is C17H22N2O4. The highest BCUT2D eigenvalue weighted by Gasteiger charge is 2.31. The maximum atomic E-state index is 12.5. The number of carboxylic acid groups (broad SMARTS) is 1. The molecule has 23 heavy (non-hydrogen) atoms. The van der Waals surface area contributed by atoms with Gasteiger partial charge in [0.15, 0.2) is 0 Å². The summed E-state index contributed by atoms with van der Waals surface area (Å²) < 4.78 is 0. The first kappa shape index (κ1) is 17.0. The van der Waals surface area contributed by atoms with Gasteiger partial charge in [-0.05, 0) is 36.5 Å². The van der Waals surface area contributed by atoms with Gasteiger partial charge in [-0.1, -0.05) is 25.0 Å². The summed E-state index contributed by atoms with van der Waals surface area (Å²) in [7, 11) is 0. The molecule has 0 aromatic heterocycles. The lowest BCUT2D eigenvalue weighted by Crippen LogP contribution is -2.47. The van der Waals surface area contributed by atoms with Gasteiger partial charge in [0.2, 0.25) is 11.8 Å². The van der Waals surface area contributed by atoms with Gasteiger partial charge in [0.1, 0.15) is 6.04 Å². The Bertz CT molecular complexity index is 594. The van der Waals surface area contributed by atoms with Crippen molar-refractivity contribution in [3.8, 4) is 0 Å². The van der Waals surface area contributed by atoms with Crippen LogP contribution in [0, 0.1) is 5.92 Å². The number of nitrogens with one attached hydrogen (secondary N) is 2. The molecule has 6 nitrogen and oxygen atoms in total. The summed E-state index contributed by atoms with van der Waals surface area (Å²) in [5, 5.41) is 14.4. The fraction of sp³-hybridized carbons (Fsp3) is 0.471. The Labute approximate surface area is 135 Å². The molecule has 6 heteroatoms. The Morgan fingerprint density at radius 1 is 1.26 bits per heavy atom. The van der Waals surface area contributed by atoms with E-state index in [1.165, 1.54) is 6.92 Å². The van der Waals surface area contributed by atoms with Crippen molar-refractivity contribution in [3.05, 3.63) is 29.8 Å². The van der Waals surface area contributed by atoms with Crippen molar-refractivity contribution in [2.24, 2.45) is 5.92 Å². The van der Waals surface area contributed by atoms with E-state index in [2.05, 4.69) is 10.6 Å². The quantitative estimate of drug-likeness (QED) is 0.747. The first-order valence-electron chi connectivity index (χ1n) is 7.84. The predicted octanol–water partition coefficient (Wildman–Crippen LogP) is 1.95. The number of carbonyl (C=O) groups is 3. The number of carboxylic acids is 1. The van der Waals surface area contributed by atoms with Crippen molar-refractivity contribution in [2.75, 3.05) is 5.32 Å². The molecule has 0 aliphatic heterocycles. The van der Waals surface area contributed by atoms with Crippen molar-refractivity contribution in [2.45, 2.75) is 45.1 Å². The topological polar surface area (TPSA) is 95.5 Å². The van der Waals surface area contributed by atoms with Crippen LogP contribution in [0.2, 0.25) is 0 Å². The molecule has 1 unspecified atom stereocenters. The number of benzene rings is 1. The molecular weight excluding hydrogens is 296 g/mol. The average molecular weight is 318 g/mol. The Morgan fingerprint density at radius 2 is 1.96 bits per heavy atom. The number of anilines is 1. The van der Waals surface area contributed by atoms with Gasteiger partial charge in [0.05, 0.1) is 6.42 Å². The van der Waals surface area contributed by atoms with E-state index < -0.39 is 12.0 Å². The van der Waals surface area contributed by atoms with Crippen LogP contribution in [0.4, 0.5) is 5.69 Å². The molecule has 1 atom stereocenters. The molecule has 0 spiro atoms. The van der Waals surface area contributed by atoms with Gasteiger partial charge in [-0.3, -0.25) is 14.4 Å². The van der Waals surface area contributed by atoms with Gasteiger partial charge >= 0.3 is 5.97 Å². The summed E-state index contributed by atoms with van der Waals surface area (Å²) >= 11 is 0. The van der Waals surface area contributed by atoms with E-state index in [9.17, 15) is 14.4 Å². The van der Waals surface area contributed by atoms with Crippen molar-refractivity contribution >= 4 is 23.5 Å². The van der Waals surface area contributed by atoms with E-state index in [1.807, 2.05) is 0 Å². The normalized spacial score (nSPS) is 15.9. The van der Waals surface area contributed by atoms with E-state index in [0.29, 0.717) is 11.3 Å². The number of hydrogen-bond acceptors (Lipinski definition) is 3. The third-order valence-electron chi connectivity index (χ3n) is 4.06. The highest BCUT2D eigenvalue weighted by molar-refractivity contribution is 5.97. The van der Waals surface area contributed by atoms with Gasteiger partial charge in [0.25, 0.3) is 0 Å². The monoisotopic (exact) mass is 318 g/mol. The average Bonchev–Trinajstić information content (AvgIpc) is 2.98.